The number of nitrogens with one attached hydrogen (secondary N) is 1. The lowest BCUT2D eigenvalue weighted by Crippen LogP contribution is -2.22. The molecule has 1 aliphatic rings. The van der Waals surface area contributed by atoms with Crippen LogP contribution in [0.1, 0.15) is 25.5 Å². The number of hydrogen-bond donors (Lipinski definition) is 3. The zero-order valence-corrected chi connectivity index (χ0v) is 13.8. The molecule has 2 unspecified atom stereocenters. The van der Waals surface area contributed by atoms with Crippen LogP contribution in [0.25, 0.3) is 10.9 Å². The molecule has 7 heteroatoms. The highest BCUT2D eigenvalue weighted by atomic mass is 79.9. The van der Waals surface area contributed by atoms with Gasteiger partial charge in [0.25, 0.3) is 0 Å². The van der Waals surface area contributed by atoms with Gasteiger partial charge < -0.3 is 20.3 Å². The highest BCUT2D eigenvalue weighted by Gasteiger charge is 2.20. The van der Waals surface area contributed by atoms with Crippen molar-refractivity contribution >= 4 is 32.5 Å². The average Bonchev–Trinajstić information content (AvgIpc) is 2.90. The van der Waals surface area contributed by atoms with Gasteiger partial charge in [-0.15, -0.1) is 0 Å². The maximum Gasteiger partial charge on any atom is 0.150 e. The first kappa shape index (κ1) is 15.7. The maximum absolute atomic E-state index is 9.41. The predicted octanol–water partition coefficient (Wildman–Crippen LogP) is 2.26. The van der Waals surface area contributed by atoms with E-state index in [2.05, 4.69) is 26.3 Å². The van der Waals surface area contributed by atoms with Crippen LogP contribution in [0.5, 0.6) is 0 Å². The summed E-state index contributed by atoms with van der Waals surface area (Å²) < 4.78 is 8.53. The summed E-state index contributed by atoms with van der Waals surface area (Å²) in [5.74, 6) is 0. The summed E-state index contributed by atoms with van der Waals surface area (Å²) in [6.45, 7) is 0.831. The predicted molar refractivity (Wildman–Crippen MR) is 87.9 cm³/mol. The van der Waals surface area contributed by atoms with Gasteiger partial charge in [-0.3, -0.25) is 0 Å². The number of anilines is 1. The number of aliphatic hydroxyl groups is 2. The summed E-state index contributed by atoms with van der Waals surface area (Å²) in [6.07, 6.45) is 2.47. The molecule has 0 spiro atoms. The monoisotopic (exact) mass is 369 g/mol. The van der Waals surface area contributed by atoms with Gasteiger partial charge >= 0.3 is 0 Å². The fraction of sp³-hybridized carbons (Fsp3) is 0.533. The molecule has 22 heavy (non-hydrogen) atoms. The van der Waals surface area contributed by atoms with Gasteiger partial charge in [-0.05, 0) is 53.4 Å². The van der Waals surface area contributed by atoms with Crippen molar-refractivity contribution < 1.29 is 14.9 Å². The third kappa shape index (κ3) is 3.27. The molecule has 120 valence electrons. The SMILES string of the molecule is OCC(O)CNc1ccc2c(c1)c(Br)nn2C1CCCCO1. The van der Waals surface area contributed by atoms with Crippen LogP contribution in [0.4, 0.5) is 5.69 Å². The van der Waals surface area contributed by atoms with Gasteiger partial charge in [-0.25, -0.2) is 4.68 Å². The van der Waals surface area contributed by atoms with E-state index in [-0.39, 0.29) is 12.8 Å². The number of aromatic nitrogens is 2. The lowest BCUT2D eigenvalue weighted by molar-refractivity contribution is -0.0368. The topological polar surface area (TPSA) is 79.5 Å². The van der Waals surface area contributed by atoms with E-state index in [1.165, 1.54) is 0 Å². The molecular formula is C15H20BrN3O3. The van der Waals surface area contributed by atoms with Crippen LogP contribution in [0, 0.1) is 0 Å². The van der Waals surface area contributed by atoms with Crippen molar-refractivity contribution in [3.05, 3.63) is 22.8 Å². The molecule has 1 saturated heterocycles. The van der Waals surface area contributed by atoms with Crippen LogP contribution >= 0.6 is 15.9 Å². The standard InChI is InChI=1S/C15H20BrN3O3/c16-15-12-7-10(17-8-11(21)9-20)4-5-13(12)19(18-15)14-3-1-2-6-22-14/h4-5,7,11,14,17,20-21H,1-3,6,8-9H2. The first-order valence-electron chi connectivity index (χ1n) is 7.51. The minimum atomic E-state index is -0.766. The van der Waals surface area contributed by atoms with Crippen LogP contribution in [0.15, 0.2) is 22.8 Å². The van der Waals surface area contributed by atoms with Gasteiger partial charge in [0.05, 0.1) is 18.2 Å². The van der Waals surface area contributed by atoms with Crippen molar-refractivity contribution in [1.29, 1.82) is 0 Å². The molecule has 1 aromatic heterocycles. The quantitative estimate of drug-likeness (QED) is 0.753. The number of benzene rings is 1. The largest absolute Gasteiger partial charge is 0.394 e. The average molecular weight is 370 g/mol. The number of nitrogens with zero attached hydrogens (tertiary/aromatic N) is 2. The van der Waals surface area contributed by atoms with Crippen molar-refractivity contribution in [3.8, 4) is 0 Å². The summed E-state index contributed by atoms with van der Waals surface area (Å²) in [7, 11) is 0. The third-order valence-corrected chi connectivity index (χ3v) is 4.43. The van der Waals surface area contributed by atoms with Crippen LogP contribution < -0.4 is 5.32 Å². The first-order chi connectivity index (χ1) is 10.7. The Morgan fingerprint density at radius 2 is 2.32 bits per heavy atom. The van der Waals surface area contributed by atoms with Gasteiger partial charge in [0.15, 0.2) is 6.23 Å². The molecule has 0 amide bonds. The molecule has 0 bridgehead atoms. The summed E-state index contributed by atoms with van der Waals surface area (Å²) in [6, 6.07) is 5.93. The number of halogens is 1. The molecule has 0 saturated carbocycles. The Morgan fingerprint density at radius 3 is 3.05 bits per heavy atom. The van der Waals surface area contributed by atoms with Crippen LogP contribution in [-0.2, 0) is 4.74 Å². The van der Waals surface area contributed by atoms with Crippen molar-refractivity contribution in [2.24, 2.45) is 0 Å². The summed E-state index contributed by atoms with van der Waals surface area (Å²) in [4.78, 5) is 0. The van der Waals surface area contributed by atoms with Gasteiger partial charge in [0, 0.05) is 24.2 Å². The Hall–Kier alpha value is -1.15. The lowest BCUT2D eigenvalue weighted by Gasteiger charge is -2.23. The molecule has 3 N–H and O–H groups in total. The maximum atomic E-state index is 9.41. The first-order valence-corrected chi connectivity index (χ1v) is 8.30. The summed E-state index contributed by atoms with van der Waals surface area (Å²) in [5.41, 5.74) is 1.90. The molecule has 6 nitrogen and oxygen atoms in total. The van der Waals surface area contributed by atoms with E-state index >= 15 is 0 Å². The van der Waals surface area contributed by atoms with Crippen LogP contribution in [0.3, 0.4) is 0 Å². The second-order valence-electron chi connectivity index (χ2n) is 5.51. The van der Waals surface area contributed by atoms with E-state index in [1.807, 2.05) is 22.9 Å². The molecule has 1 fully saturated rings. The Bertz CT molecular complexity index is 640. The molecular weight excluding hydrogens is 350 g/mol. The third-order valence-electron chi connectivity index (χ3n) is 3.84. The Kier molecular flexibility index (Phi) is 4.97. The number of aliphatic hydroxyl groups excluding tert-OH is 2. The van der Waals surface area contributed by atoms with Crippen molar-refractivity contribution in [2.45, 2.75) is 31.6 Å². The zero-order valence-electron chi connectivity index (χ0n) is 12.2. The molecule has 2 atom stereocenters. The number of ether oxygens (including phenoxy) is 1. The van der Waals surface area contributed by atoms with E-state index in [4.69, 9.17) is 9.84 Å². The normalized spacial score (nSPS) is 20.2. The molecule has 0 radical (unpaired) electrons. The number of rotatable bonds is 5. The smallest absolute Gasteiger partial charge is 0.150 e. The second kappa shape index (κ2) is 6.95. The zero-order chi connectivity index (χ0) is 15.5. The fourth-order valence-corrected chi connectivity index (χ4v) is 3.14. The molecule has 3 rings (SSSR count). The van der Waals surface area contributed by atoms with Crippen molar-refractivity contribution in [3.63, 3.8) is 0 Å². The molecule has 2 heterocycles. The summed E-state index contributed by atoms with van der Waals surface area (Å²) >= 11 is 3.51. The molecule has 1 aromatic carbocycles. The van der Waals surface area contributed by atoms with E-state index in [9.17, 15) is 5.11 Å². The highest BCUT2D eigenvalue weighted by molar-refractivity contribution is 9.10. The van der Waals surface area contributed by atoms with Crippen LogP contribution in [0.2, 0.25) is 0 Å². The van der Waals surface area contributed by atoms with Gasteiger partial charge in [0.1, 0.15) is 4.60 Å². The van der Waals surface area contributed by atoms with Gasteiger partial charge in [-0.1, -0.05) is 0 Å². The minimum Gasteiger partial charge on any atom is -0.394 e. The lowest BCUT2D eigenvalue weighted by atomic mass is 10.2. The van der Waals surface area contributed by atoms with E-state index in [1.54, 1.807) is 0 Å². The summed E-state index contributed by atoms with van der Waals surface area (Å²) in [5, 5.41) is 26.9. The molecule has 2 aromatic rings. The Balaban J connectivity index is 1.84. The van der Waals surface area contributed by atoms with Crippen molar-refractivity contribution in [1.82, 2.24) is 9.78 Å². The van der Waals surface area contributed by atoms with Crippen molar-refractivity contribution in [2.75, 3.05) is 25.1 Å². The molecule has 0 aliphatic carbocycles. The van der Waals surface area contributed by atoms with E-state index in [0.29, 0.717) is 6.54 Å². The number of fused-ring (bicyclic) bond motifs is 1. The van der Waals surface area contributed by atoms with Crippen LogP contribution in [-0.4, -0.2) is 45.9 Å². The van der Waals surface area contributed by atoms with Gasteiger partial charge in [0.2, 0.25) is 0 Å². The second-order valence-corrected chi connectivity index (χ2v) is 6.26. The van der Waals surface area contributed by atoms with E-state index < -0.39 is 6.10 Å². The van der Waals surface area contributed by atoms with E-state index in [0.717, 1.165) is 47.1 Å². The Labute approximate surface area is 137 Å². The molecule has 1 aliphatic heterocycles. The number of hydrogen-bond acceptors (Lipinski definition) is 5. The minimum absolute atomic E-state index is 0.00225. The fourth-order valence-electron chi connectivity index (χ4n) is 2.65. The van der Waals surface area contributed by atoms with Gasteiger partial charge in [-0.2, -0.15) is 5.10 Å². The Morgan fingerprint density at radius 1 is 1.45 bits per heavy atom. The highest BCUT2D eigenvalue weighted by Crippen LogP contribution is 2.31.